The Morgan fingerprint density at radius 3 is 2.70 bits per heavy atom. The maximum Gasteiger partial charge on any atom is 0.0685 e. The number of ether oxygens (including phenoxy) is 1. The standard InChI is InChI=1S/C17H33NOS/c1-4-9-18-16(13-20-12-14(2)3)15-6-10-19-17(11-15)7-5-8-17/h14-16,18H,4-13H2,1-3H3. The van der Waals surface area contributed by atoms with Crippen LogP contribution < -0.4 is 5.32 Å². The predicted octanol–water partition coefficient (Wildman–Crippen LogP) is 4.09. The quantitative estimate of drug-likeness (QED) is 0.729. The number of hydrogen-bond donors (Lipinski definition) is 1. The summed E-state index contributed by atoms with van der Waals surface area (Å²) < 4.78 is 6.09. The number of thioether (sulfide) groups is 1. The normalized spacial score (nSPS) is 26.7. The first-order valence-electron chi connectivity index (χ1n) is 8.60. The molecule has 2 nitrogen and oxygen atoms in total. The molecule has 0 bridgehead atoms. The van der Waals surface area contributed by atoms with Crippen LogP contribution in [-0.4, -0.2) is 36.3 Å². The summed E-state index contributed by atoms with van der Waals surface area (Å²) in [7, 11) is 0. The van der Waals surface area contributed by atoms with Crippen LogP contribution in [0.25, 0.3) is 0 Å². The lowest BCUT2D eigenvalue weighted by Gasteiger charge is -2.49. The van der Waals surface area contributed by atoms with E-state index in [-0.39, 0.29) is 5.60 Å². The lowest BCUT2D eigenvalue weighted by Crippen LogP contribution is -2.51. The first-order valence-corrected chi connectivity index (χ1v) is 9.76. The summed E-state index contributed by atoms with van der Waals surface area (Å²) in [6, 6.07) is 0.695. The Hall–Kier alpha value is 0.270. The maximum atomic E-state index is 6.09. The molecule has 1 spiro atoms. The number of nitrogens with one attached hydrogen (secondary N) is 1. The molecule has 2 unspecified atom stereocenters. The first kappa shape index (κ1) is 16.6. The lowest BCUT2D eigenvalue weighted by molar-refractivity contribution is -0.146. The fourth-order valence-electron chi connectivity index (χ4n) is 3.45. The molecule has 0 aromatic heterocycles. The minimum Gasteiger partial charge on any atom is -0.375 e. The van der Waals surface area contributed by atoms with Crippen molar-refractivity contribution in [3.8, 4) is 0 Å². The monoisotopic (exact) mass is 299 g/mol. The molecule has 3 heteroatoms. The minimum absolute atomic E-state index is 0.289. The second-order valence-corrected chi connectivity index (χ2v) is 8.20. The van der Waals surface area contributed by atoms with Gasteiger partial charge in [0.1, 0.15) is 0 Å². The molecule has 0 amide bonds. The second kappa shape index (κ2) is 8.05. The average molecular weight is 300 g/mol. The Balaban J connectivity index is 1.83. The Morgan fingerprint density at radius 1 is 1.30 bits per heavy atom. The zero-order chi connectivity index (χ0) is 14.4. The molecule has 1 aliphatic heterocycles. The Morgan fingerprint density at radius 2 is 2.10 bits per heavy atom. The van der Waals surface area contributed by atoms with Gasteiger partial charge in [0.25, 0.3) is 0 Å². The van der Waals surface area contributed by atoms with E-state index < -0.39 is 0 Å². The van der Waals surface area contributed by atoms with E-state index in [1.807, 2.05) is 0 Å². The van der Waals surface area contributed by atoms with Crippen molar-refractivity contribution in [1.82, 2.24) is 5.32 Å². The van der Waals surface area contributed by atoms with Crippen LogP contribution in [0.4, 0.5) is 0 Å². The molecule has 2 atom stereocenters. The highest BCUT2D eigenvalue weighted by Gasteiger charge is 2.44. The second-order valence-electron chi connectivity index (χ2n) is 7.13. The van der Waals surface area contributed by atoms with Gasteiger partial charge in [0.05, 0.1) is 5.60 Å². The van der Waals surface area contributed by atoms with E-state index in [4.69, 9.17) is 4.74 Å². The van der Waals surface area contributed by atoms with Crippen LogP contribution in [0.15, 0.2) is 0 Å². The molecule has 2 rings (SSSR count). The largest absolute Gasteiger partial charge is 0.375 e. The first-order chi connectivity index (χ1) is 9.65. The van der Waals surface area contributed by atoms with Gasteiger partial charge in [0, 0.05) is 18.4 Å². The molecular formula is C17H33NOS. The van der Waals surface area contributed by atoms with Crippen molar-refractivity contribution in [3.63, 3.8) is 0 Å². The SMILES string of the molecule is CCCNC(CSCC(C)C)C1CCOC2(CCC2)C1. The fraction of sp³-hybridized carbons (Fsp3) is 1.00. The van der Waals surface area contributed by atoms with Crippen molar-refractivity contribution < 1.29 is 4.74 Å². The van der Waals surface area contributed by atoms with Crippen LogP contribution in [0.3, 0.4) is 0 Å². The summed E-state index contributed by atoms with van der Waals surface area (Å²) in [6.07, 6.45) is 7.79. The summed E-state index contributed by atoms with van der Waals surface area (Å²) in [5, 5.41) is 3.82. The predicted molar refractivity (Wildman–Crippen MR) is 89.5 cm³/mol. The van der Waals surface area contributed by atoms with Gasteiger partial charge in [0.15, 0.2) is 0 Å². The zero-order valence-electron chi connectivity index (χ0n) is 13.6. The van der Waals surface area contributed by atoms with Crippen molar-refractivity contribution in [2.24, 2.45) is 11.8 Å². The molecule has 2 fully saturated rings. The average Bonchev–Trinajstić information content (AvgIpc) is 2.40. The van der Waals surface area contributed by atoms with E-state index in [0.29, 0.717) is 6.04 Å². The zero-order valence-corrected chi connectivity index (χ0v) is 14.4. The molecule has 0 aromatic carbocycles. The highest BCUT2D eigenvalue weighted by molar-refractivity contribution is 7.99. The fourth-order valence-corrected chi connectivity index (χ4v) is 4.70. The molecule has 20 heavy (non-hydrogen) atoms. The lowest BCUT2D eigenvalue weighted by atomic mass is 9.70. The maximum absolute atomic E-state index is 6.09. The molecule has 1 saturated heterocycles. The molecule has 0 aromatic rings. The van der Waals surface area contributed by atoms with E-state index in [1.54, 1.807) is 0 Å². The van der Waals surface area contributed by atoms with Gasteiger partial charge in [-0.15, -0.1) is 0 Å². The highest BCUT2D eigenvalue weighted by Crippen LogP contribution is 2.45. The summed E-state index contributed by atoms with van der Waals surface area (Å²) in [5.74, 6) is 4.20. The Kier molecular flexibility index (Phi) is 6.70. The molecule has 1 N–H and O–H groups in total. The molecule has 1 heterocycles. The van der Waals surface area contributed by atoms with Gasteiger partial charge in [-0.1, -0.05) is 20.8 Å². The summed E-state index contributed by atoms with van der Waals surface area (Å²) in [4.78, 5) is 0. The van der Waals surface area contributed by atoms with Crippen LogP contribution in [0, 0.1) is 11.8 Å². The summed E-state index contributed by atoms with van der Waals surface area (Å²) >= 11 is 2.14. The third-order valence-electron chi connectivity index (χ3n) is 4.77. The highest BCUT2D eigenvalue weighted by atomic mass is 32.2. The van der Waals surface area contributed by atoms with Gasteiger partial charge in [-0.05, 0) is 62.7 Å². The van der Waals surface area contributed by atoms with Gasteiger partial charge in [0.2, 0.25) is 0 Å². The molecule has 118 valence electrons. The van der Waals surface area contributed by atoms with Crippen molar-refractivity contribution in [3.05, 3.63) is 0 Å². The van der Waals surface area contributed by atoms with Gasteiger partial charge in [-0.25, -0.2) is 0 Å². The van der Waals surface area contributed by atoms with Crippen LogP contribution >= 0.6 is 11.8 Å². The van der Waals surface area contributed by atoms with Crippen LogP contribution in [0.1, 0.15) is 59.3 Å². The van der Waals surface area contributed by atoms with Crippen molar-refractivity contribution in [2.75, 3.05) is 24.7 Å². The van der Waals surface area contributed by atoms with E-state index in [9.17, 15) is 0 Å². The molecule has 1 aliphatic carbocycles. The molecule has 2 aliphatic rings. The molecule has 0 radical (unpaired) electrons. The molecular weight excluding hydrogens is 266 g/mol. The van der Waals surface area contributed by atoms with Crippen LogP contribution in [0.5, 0.6) is 0 Å². The minimum atomic E-state index is 0.289. The number of rotatable bonds is 8. The van der Waals surface area contributed by atoms with Crippen LogP contribution in [0.2, 0.25) is 0 Å². The van der Waals surface area contributed by atoms with E-state index in [1.165, 1.54) is 50.0 Å². The number of hydrogen-bond acceptors (Lipinski definition) is 3. The third-order valence-corrected chi connectivity index (χ3v) is 6.27. The Labute approximate surface area is 129 Å². The van der Waals surface area contributed by atoms with Gasteiger partial charge in [-0.2, -0.15) is 11.8 Å². The summed E-state index contributed by atoms with van der Waals surface area (Å²) in [5.41, 5.74) is 0.289. The van der Waals surface area contributed by atoms with Crippen molar-refractivity contribution in [2.45, 2.75) is 70.9 Å². The van der Waals surface area contributed by atoms with E-state index in [0.717, 1.165) is 25.0 Å². The van der Waals surface area contributed by atoms with E-state index in [2.05, 4.69) is 37.8 Å². The van der Waals surface area contributed by atoms with Crippen LogP contribution in [-0.2, 0) is 4.74 Å². The van der Waals surface area contributed by atoms with Crippen molar-refractivity contribution >= 4 is 11.8 Å². The molecule has 1 saturated carbocycles. The summed E-state index contributed by atoms with van der Waals surface area (Å²) in [6.45, 7) is 9.06. The topological polar surface area (TPSA) is 21.3 Å². The van der Waals surface area contributed by atoms with Gasteiger partial charge in [-0.3, -0.25) is 0 Å². The van der Waals surface area contributed by atoms with E-state index >= 15 is 0 Å². The van der Waals surface area contributed by atoms with Gasteiger partial charge < -0.3 is 10.1 Å². The Bertz CT molecular complexity index is 278. The smallest absolute Gasteiger partial charge is 0.0685 e. The van der Waals surface area contributed by atoms with Crippen molar-refractivity contribution in [1.29, 1.82) is 0 Å². The van der Waals surface area contributed by atoms with Gasteiger partial charge >= 0.3 is 0 Å². The third kappa shape index (κ3) is 4.64.